The van der Waals surface area contributed by atoms with Gasteiger partial charge >= 0.3 is 5.97 Å². The van der Waals surface area contributed by atoms with Crippen molar-refractivity contribution >= 4 is 11.8 Å². The van der Waals surface area contributed by atoms with E-state index in [1.54, 1.807) is 32.3 Å². The smallest absolute Gasteiger partial charge is 0.342 e. The molecule has 3 rings (SSSR count). The van der Waals surface area contributed by atoms with Crippen LogP contribution in [-0.2, 0) is 11.8 Å². The van der Waals surface area contributed by atoms with Crippen LogP contribution in [-0.4, -0.2) is 29.2 Å². The number of ether oxygens (including phenoxy) is 2. The predicted molar refractivity (Wildman–Crippen MR) is 121 cm³/mol. The van der Waals surface area contributed by atoms with Crippen molar-refractivity contribution in [3.05, 3.63) is 98.9 Å². The van der Waals surface area contributed by atoms with Crippen LogP contribution >= 0.6 is 0 Å². The predicted octanol–water partition coefficient (Wildman–Crippen LogP) is 4.45. The van der Waals surface area contributed by atoms with Gasteiger partial charge in [-0.25, -0.2) is 4.79 Å². The Morgan fingerprint density at radius 2 is 1.94 bits per heavy atom. The molecular formula is C25H25N3O4. The van der Waals surface area contributed by atoms with Crippen molar-refractivity contribution in [1.29, 1.82) is 0 Å². The molecule has 0 aliphatic carbocycles. The largest absolute Gasteiger partial charge is 0.490 e. The minimum Gasteiger partial charge on any atom is -0.490 e. The number of hydrogen-bond donors (Lipinski definition) is 0. The highest BCUT2D eigenvalue weighted by Gasteiger charge is 2.30. The van der Waals surface area contributed by atoms with E-state index in [1.165, 1.54) is 11.7 Å². The monoisotopic (exact) mass is 431 g/mol. The molecule has 164 valence electrons. The van der Waals surface area contributed by atoms with Crippen LogP contribution in [0.1, 0.15) is 52.9 Å². The molecule has 0 aliphatic heterocycles. The summed E-state index contributed by atoms with van der Waals surface area (Å²) in [6.45, 7) is 11.4. The van der Waals surface area contributed by atoms with Crippen molar-refractivity contribution in [2.45, 2.75) is 25.7 Å². The quantitative estimate of drug-likeness (QED) is 0.408. The first kappa shape index (κ1) is 22.8. The molecule has 0 saturated heterocycles. The first-order valence-corrected chi connectivity index (χ1v) is 10.3. The molecule has 0 spiro atoms. The summed E-state index contributed by atoms with van der Waals surface area (Å²) in [5.41, 5.74) is 2.00. The van der Waals surface area contributed by atoms with Gasteiger partial charge in [0, 0.05) is 24.6 Å². The zero-order chi connectivity index (χ0) is 23.3. The molecule has 3 aromatic rings. The summed E-state index contributed by atoms with van der Waals surface area (Å²) >= 11 is 0. The highest BCUT2D eigenvalue weighted by molar-refractivity contribution is 5.92. The second-order valence-electron chi connectivity index (χ2n) is 7.31. The van der Waals surface area contributed by atoms with E-state index < -0.39 is 11.5 Å². The zero-order valence-corrected chi connectivity index (χ0v) is 18.5. The molecule has 1 aromatic carbocycles. The van der Waals surface area contributed by atoms with E-state index in [0.29, 0.717) is 11.5 Å². The van der Waals surface area contributed by atoms with Gasteiger partial charge in [0.1, 0.15) is 11.8 Å². The van der Waals surface area contributed by atoms with E-state index in [1.807, 2.05) is 43.3 Å². The number of pyridine rings is 2. The van der Waals surface area contributed by atoms with E-state index in [0.717, 1.165) is 11.1 Å². The van der Waals surface area contributed by atoms with Gasteiger partial charge in [0.25, 0.3) is 11.4 Å². The van der Waals surface area contributed by atoms with E-state index in [2.05, 4.69) is 9.83 Å². The van der Waals surface area contributed by atoms with Gasteiger partial charge in [-0.1, -0.05) is 49.9 Å². The fraction of sp³-hybridized carbons (Fsp3) is 0.280. The fourth-order valence-electron chi connectivity index (χ4n) is 4.00. The Balaban J connectivity index is 2.25. The third-order valence-electron chi connectivity index (χ3n) is 5.51. The molecular weight excluding hydrogens is 406 g/mol. The maximum absolute atomic E-state index is 13.0. The molecule has 0 aliphatic rings. The average molecular weight is 431 g/mol. The number of benzene rings is 1. The molecule has 0 N–H and O–H groups in total. The van der Waals surface area contributed by atoms with Crippen molar-refractivity contribution in [3.8, 4) is 5.75 Å². The zero-order valence-electron chi connectivity index (χ0n) is 18.5. The number of carbonyl (C=O) groups is 1. The van der Waals surface area contributed by atoms with Crippen LogP contribution in [0.4, 0.5) is 5.82 Å². The molecule has 0 saturated carbocycles. The lowest BCUT2D eigenvalue weighted by molar-refractivity contribution is 0.0522. The summed E-state index contributed by atoms with van der Waals surface area (Å²) in [6.07, 6.45) is 1.59. The number of esters is 1. The summed E-state index contributed by atoms with van der Waals surface area (Å²) in [4.78, 5) is 33.5. The molecule has 2 atom stereocenters. The first-order valence-electron chi connectivity index (χ1n) is 10.3. The Labute approximate surface area is 187 Å². The van der Waals surface area contributed by atoms with Crippen LogP contribution < -0.4 is 10.3 Å². The Morgan fingerprint density at radius 1 is 1.22 bits per heavy atom. The topological polar surface area (TPSA) is 74.8 Å². The van der Waals surface area contributed by atoms with Gasteiger partial charge in [0.15, 0.2) is 5.75 Å². The number of nitrogens with zero attached hydrogens (tertiary/aromatic N) is 3. The molecule has 0 amide bonds. The SMILES string of the molecule is [C-]#[N+]c1ncccc1C(c1ccccc1)C(C)c1cc(C(=O)OCC)c(OC)c(=O)n1C. The van der Waals surface area contributed by atoms with Crippen LogP contribution in [0.25, 0.3) is 4.85 Å². The van der Waals surface area contributed by atoms with E-state index >= 15 is 0 Å². The van der Waals surface area contributed by atoms with Gasteiger partial charge in [0.05, 0.1) is 13.7 Å². The Bertz CT molecular complexity index is 1210. The molecule has 2 aromatic heterocycles. The normalized spacial score (nSPS) is 12.5. The Kier molecular flexibility index (Phi) is 7.06. The molecule has 0 radical (unpaired) electrons. The minimum atomic E-state index is -0.616. The van der Waals surface area contributed by atoms with Crippen molar-refractivity contribution in [2.75, 3.05) is 13.7 Å². The van der Waals surface area contributed by atoms with Crippen LogP contribution in [0.2, 0.25) is 0 Å². The maximum atomic E-state index is 13.0. The second kappa shape index (κ2) is 9.92. The lowest BCUT2D eigenvalue weighted by Crippen LogP contribution is -2.27. The summed E-state index contributed by atoms with van der Waals surface area (Å²) in [5.74, 6) is -0.921. The highest BCUT2D eigenvalue weighted by atomic mass is 16.5. The summed E-state index contributed by atoms with van der Waals surface area (Å²) in [7, 11) is 3.00. The molecule has 2 unspecified atom stereocenters. The fourth-order valence-corrected chi connectivity index (χ4v) is 4.00. The van der Waals surface area contributed by atoms with Gasteiger partial charge in [-0.3, -0.25) is 4.79 Å². The standard InChI is InChI=1S/C25H25N3O4/c1-6-32-25(30)19-15-20(28(4)24(29)22(19)31-5)16(2)21(17-11-8-7-9-12-17)18-13-10-14-27-23(18)26-3/h7-16,21H,6H2,1-2,4-5H3. The highest BCUT2D eigenvalue weighted by Crippen LogP contribution is 2.41. The molecule has 7 heteroatoms. The number of aromatic nitrogens is 2. The average Bonchev–Trinajstić information content (AvgIpc) is 2.81. The van der Waals surface area contributed by atoms with Gasteiger partial charge < -0.3 is 18.9 Å². The number of rotatable bonds is 7. The summed E-state index contributed by atoms with van der Waals surface area (Å²) < 4.78 is 11.9. The lowest BCUT2D eigenvalue weighted by Gasteiger charge is -2.28. The molecule has 0 fully saturated rings. The molecule has 32 heavy (non-hydrogen) atoms. The molecule has 2 heterocycles. The Hall–Kier alpha value is -3.92. The van der Waals surface area contributed by atoms with Crippen molar-refractivity contribution < 1.29 is 14.3 Å². The summed E-state index contributed by atoms with van der Waals surface area (Å²) in [5, 5.41) is 0. The van der Waals surface area contributed by atoms with Gasteiger partial charge in [-0.2, -0.15) is 0 Å². The molecule has 7 nitrogen and oxygen atoms in total. The van der Waals surface area contributed by atoms with E-state index in [9.17, 15) is 9.59 Å². The molecule has 0 bridgehead atoms. The minimum absolute atomic E-state index is 0.0543. The first-order chi connectivity index (χ1) is 15.4. The van der Waals surface area contributed by atoms with Crippen LogP contribution in [0, 0.1) is 6.57 Å². The maximum Gasteiger partial charge on any atom is 0.342 e. The van der Waals surface area contributed by atoms with E-state index in [-0.39, 0.29) is 29.8 Å². The van der Waals surface area contributed by atoms with Crippen LogP contribution in [0.15, 0.2) is 59.5 Å². The number of hydrogen-bond acceptors (Lipinski definition) is 5. The third kappa shape index (κ3) is 4.26. The van der Waals surface area contributed by atoms with Gasteiger partial charge in [-0.05, 0) is 30.2 Å². The second-order valence-corrected chi connectivity index (χ2v) is 7.31. The lowest BCUT2D eigenvalue weighted by atomic mass is 9.79. The van der Waals surface area contributed by atoms with Crippen molar-refractivity contribution in [2.24, 2.45) is 7.05 Å². The third-order valence-corrected chi connectivity index (χ3v) is 5.51. The van der Waals surface area contributed by atoms with Crippen molar-refractivity contribution in [1.82, 2.24) is 9.55 Å². The van der Waals surface area contributed by atoms with Gasteiger partial charge in [0.2, 0.25) is 0 Å². The number of carbonyl (C=O) groups excluding carboxylic acids is 1. The van der Waals surface area contributed by atoms with Crippen LogP contribution in [0.3, 0.4) is 0 Å². The van der Waals surface area contributed by atoms with Gasteiger partial charge in [-0.15, -0.1) is 4.98 Å². The van der Waals surface area contributed by atoms with E-state index in [4.69, 9.17) is 16.0 Å². The van der Waals surface area contributed by atoms with Crippen molar-refractivity contribution in [3.63, 3.8) is 0 Å². The number of methoxy groups -OCH3 is 1. The Morgan fingerprint density at radius 3 is 2.56 bits per heavy atom. The van der Waals surface area contributed by atoms with Crippen LogP contribution in [0.5, 0.6) is 5.75 Å². The summed E-state index contributed by atoms with van der Waals surface area (Å²) in [6, 6.07) is 15.1.